The smallest absolute Gasteiger partial charge is 0.0616 e. The van der Waals surface area contributed by atoms with E-state index in [9.17, 15) is 5.11 Å². The molecule has 118 valence electrons. The molecule has 3 unspecified atom stereocenters. The van der Waals surface area contributed by atoms with Crippen molar-refractivity contribution in [2.24, 2.45) is 17.8 Å². The third kappa shape index (κ3) is 3.55. The first-order chi connectivity index (χ1) is 9.61. The van der Waals surface area contributed by atoms with Gasteiger partial charge in [-0.1, -0.05) is 27.2 Å². The third-order valence-electron chi connectivity index (χ3n) is 5.81. The van der Waals surface area contributed by atoms with Crippen LogP contribution < -0.4 is 5.32 Å². The second kappa shape index (κ2) is 7.24. The van der Waals surface area contributed by atoms with E-state index in [-0.39, 0.29) is 5.54 Å². The van der Waals surface area contributed by atoms with Crippen LogP contribution in [-0.4, -0.2) is 48.3 Å². The van der Waals surface area contributed by atoms with E-state index in [1.807, 2.05) is 0 Å². The monoisotopic (exact) mass is 282 g/mol. The average Bonchev–Trinajstić information content (AvgIpc) is 3.04. The van der Waals surface area contributed by atoms with E-state index in [0.717, 1.165) is 24.8 Å². The Morgan fingerprint density at radius 3 is 2.75 bits per heavy atom. The van der Waals surface area contributed by atoms with Gasteiger partial charge >= 0.3 is 0 Å². The van der Waals surface area contributed by atoms with E-state index in [2.05, 4.69) is 31.0 Å². The Morgan fingerprint density at radius 2 is 2.15 bits per heavy atom. The number of hydrogen-bond donors (Lipinski definition) is 2. The Labute approximate surface area is 125 Å². The van der Waals surface area contributed by atoms with Gasteiger partial charge in [-0.25, -0.2) is 0 Å². The van der Waals surface area contributed by atoms with Crippen LogP contribution >= 0.6 is 0 Å². The molecule has 3 nitrogen and oxygen atoms in total. The molecule has 0 aromatic carbocycles. The molecule has 2 N–H and O–H groups in total. The van der Waals surface area contributed by atoms with Crippen LogP contribution in [0.1, 0.15) is 52.9 Å². The van der Waals surface area contributed by atoms with Crippen molar-refractivity contribution in [2.75, 3.05) is 32.8 Å². The number of nitrogens with one attached hydrogen (secondary N) is 1. The second-order valence-corrected chi connectivity index (χ2v) is 7.32. The molecule has 2 aliphatic rings. The van der Waals surface area contributed by atoms with Gasteiger partial charge in [0.1, 0.15) is 0 Å². The minimum Gasteiger partial charge on any atom is -0.394 e. The predicted octanol–water partition coefficient (Wildman–Crippen LogP) is 2.50. The standard InChI is InChI=1S/C17H34N2O/c1-4-18-17(13-20)9-5-6-16(17)8-11-19-10-7-15(12-19)14(2)3/h14-16,18,20H,4-13H2,1-3H3. The number of aliphatic hydroxyl groups excluding tert-OH is 1. The Hall–Kier alpha value is -0.120. The van der Waals surface area contributed by atoms with Gasteiger partial charge in [-0.05, 0) is 63.1 Å². The Bertz CT molecular complexity index is 295. The molecule has 1 saturated carbocycles. The molecule has 2 fully saturated rings. The summed E-state index contributed by atoms with van der Waals surface area (Å²) in [6, 6.07) is 0. The molecular formula is C17H34N2O. The average molecular weight is 282 g/mol. The highest BCUT2D eigenvalue weighted by atomic mass is 16.3. The second-order valence-electron chi connectivity index (χ2n) is 7.32. The molecule has 0 aromatic rings. The molecule has 0 aromatic heterocycles. The summed E-state index contributed by atoms with van der Waals surface area (Å²) in [6.07, 6.45) is 6.33. The van der Waals surface area contributed by atoms with Crippen molar-refractivity contribution in [1.29, 1.82) is 0 Å². The summed E-state index contributed by atoms with van der Waals surface area (Å²) in [5.41, 5.74) is 0.0198. The summed E-state index contributed by atoms with van der Waals surface area (Å²) in [5, 5.41) is 13.4. The van der Waals surface area contributed by atoms with Crippen LogP contribution in [0.4, 0.5) is 0 Å². The Kier molecular flexibility index (Phi) is 5.88. The highest BCUT2D eigenvalue weighted by Crippen LogP contribution is 2.38. The first kappa shape index (κ1) is 16.3. The van der Waals surface area contributed by atoms with Crippen molar-refractivity contribution in [1.82, 2.24) is 10.2 Å². The van der Waals surface area contributed by atoms with Crippen LogP contribution in [0.5, 0.6) is 0 Å². The Balaban J connectivity index is 1.81. The fraction of sp³-hybridized carbons (Fsp3) is 1.00. The van der Waals surface area contributed by atoms with E-state index in [4.69, 9.17) is 0 Å². The van der Waals surface area contributed by atoms with Crippen LogP contribution in [0.25, 0.3) is 0 Å². The number of nitrogens with zero attached hydrogens (tertiary/aromatic N) is 1. The normalized spacial score (nSPS) is 35.2. The molecule has 2 rings (SSSR count). The lowest BCUT2D eigenvalue weighted by atomic mass is 9.85. The summed E-state index contributed by atoms with van der Waals surface area (Å²) in [6.45, 7) is 11.9. The SMILES string of the molecule is CCNC1(CO)CCCC1CCN1CCC(C(C)C)C1. The molecule has 1 aliphatic heterocycles. The van der Waals surface area contributed by atoms with Crippen molar-refractivity contribution < 1.29 is 5.11 Å². The predicted molar refractivity (Wildman–Crippen MR) is 84.8 cm³/mol. The molecule has 1 saturated heterocycles. The number of hydrogen-bond acceptors (Lipinski definition) is 3. The van der Waals surface area contributed by atoms with Crippen LogP contribution in [0, 0.1) is 17.8 Å². The third-order valence-corrected chi connectivity index (χ3v) is 5.81. The van der Waals surface area contributed by atoms with Gasteiger partial charge in [0.25, 0.3) is 0 Å². The van der Waals surface area contributed by atoms with Gasteiger partial charge in [0.2, 0.25) is 0 Å². The highest BCUT2D eigenvalue weighted by Gasteiger charge is 2.41. The van der Waals surface area contributed by atoms with Gasteiger partial charge in [0.05, 0.1) is 6.61 Å². The lowest BCUT2D eigenvalue weighted by molar-refractivity contribution is 0.114. The summed E-state index contributed by atoms with van der Waals surface area (Å²) in [4.78, 5) is 2.65. The fourth-order valence-electron chi connectivity index (χ4n) is 4.36. The van der Waals surface area contributed by atoms with Gasteiger partial charge in [-0.15, -0.1) is 0 Å². The van der Waals surface area contributed by atoms with Gasteiger partial charge in [-0.2, -0.15) is 0 Å². The van der Waals surface area contributed by atoms with Crippen LogP contribution in [0.3, 0.4) is 0 Å². The number of likely N-dealkylation sites (tertiary alicyclic amines) is 1. The number of aliphatic hydroxyl groups is 1. The zero-order valence-corrected chi connectivity index (χ0v) is 13.7. The van der Waals surface area contributed by atoms with Crippen molar-refractivity contribution in [3.05, 3.63) is 0 Å². The van der Waals surface area contributed by atoms with E-state index in [0.29, 0.717) is 12.5 Å². The summed E-state index contributed by atoms with van der Waals surface area (Å²) >= 11 is 0. The first-order valence-corrected chi connectivity index (χ1v) is 8.69. The summed E-state index contributed by atoms with van der Waals surface area (Å²) < 4.78 is 0. The Morgan fingerprint density at radius 1 is 1.35 bits per heavy atom. The molecule has 0 bridgehead atoms. The van der Waals surface area contributed by atoms with Crippen molar-refractivity contribution >= 4 is 0 Å². The van der Waals surface area contributed by atoms with E-state index < -0.39 is 0 Å². The number of likely N-dealkylation sites (N-methyl/N-ethyl adjacent to an activating group) is 1. The van der Waals surface area contributed by atoms with E-state index in [1.165, 1.54) is 45.3 Å². The van der Waals surface area contributed by atoms with Gasteiger partial charge in [-0.3, -0.25) is 0 Å². The minimum atomic E-state index is 0.0198. The quantitative estimate of drug-likeness (QED) is 0.753. The largest absolute Gasteiger partial charge is 0.394 e. The van der Waals surface area contributed by atoms with E-state index in [1.54, 1.807) is 0 Å². The molecule has 3 heteroatoms. The topological polar surface area (TPSA) is 35.5 Å². The zero-order valence-electron chi connectivity index (χ0n) is 13.7. The maximum absolute atomic E-state index is 9.85. The van der Waals surface area contributed by atoms with Crippen molar-refractivity contribution in [3.8, 4) is 0 Å². The van der Waals surface area contributed by atoms with Crippen molar-refractivity contribution in [2.45, 2.75) is 58.4 Å². The lowest BCUT2D eigenvalue weighted by Gasteiger charge is -2.35. The number of rotatable bonds is 7. The molecule has 1 heterocycles. The first-order valence-electron chi connectivity index (χ1n) is 8.69. The molecule has 20 heavy (non-hydrogen) atoms. The highest BCUT2D eigenvalue weighted by molar-refractivity contribution is 4.99. The molecule has 0 radical (unpaired) electrons. The molecular weight excluding hydrogens is 248 g/mol. The van der Waals surface area contributed by atoms with Gasteiger partial charge < -0.3 is 15.3 Å². The fourth-order valence-corrected chi connectivity index (χ4v) is 4.36. The maximum Gasteiger partial charge on any atom is 0.0616 e. The van der Waals surface area contributed by atoms with Crippen LogP contribution in [-0.2, 0) is 0 Å². The summed E-state index contributed by atoms with van der Waals surface area (Å²) in [5.74, 6) is 2.38. The van der Waals surface area contributed by atoms with Crippen LogP contribution in [0.2, 0.25) is 0 Å². The van der Waals surface area contributed by atoms with Crippen molar-refractivity contribution in [3.63, 3.8) is 0 Å². The van der Waals surface area contributed by atoms with Gasteiger partial charge in [0.15, 0.2) is 0 Å². The molecule has 3 atom stereocenters. The van der Waals surface area contributed by atoms with E-state index >= 15 is 0 Å². The molecule has 0 amide bonds. The van der Waals surface area contributed by atoms with Gasteiger partial charge in [0, 0.05) is 12.1 Å². The molecule has 1 aliphatic carbocycles. The van der Waals surface area contributed by atoms with Crippen LogP contribution in [0.15, 0.2) is 0 Å². The zero-order chi connectivity index (χ0) is 14.6. The minimum absolute atomic E-state index is 0.0198. The molecule has 0 spiro atoms. The lowest BCUT2D eigenvalue weighted by Crippen LogP contribution is -2.51. The summed E-state index contributed by atoms with van der Waals surface area (Å²) in [7, 11) is 0. The maximum atomic E-state index is 9.85.